The topological polar surface area (TPSA) is 34.9 Å². The van der Waals surface area contributed by atoms with Crippen LogP contribution in [-0.2, 0) is 6.54 Å². The second kappa shape index (κ2) is 5.45. The Morgan fingerprint density at radius 3 is 2.63 bits per heavy atom. The van der Waals surface area contributed by atoms with Gasteiger partial charge in [-0.25, -0.2) is 4.98 Å². The minimum Gasteiger partial charge on any atom is -0.305 e. The number of rotatable bonds is 3. The Morgan fingerprint density at radius 2 is 2.00 bits per heavy atom. The maximum absolute atomic E-state index is 12.1. The summed E-state index contributed by atoms with van der Waals surface area (Å²) < 4.78 is 1.83. The van der Waals surface area contributed by atoms with Crippen LogP contribution in [0.25, 0.3) is 11.0 Å². The Hall–Kier alpha value is -1.16. The Balaban J connectivity index is 2.50. The van der Waals surface area contributed by atoms with Gasteiger partial charge in [0, 0.05) is 11.9 Å². The first-order valence-corrected chi connectivity index (χ1v) is 7.56. The van der Waals surface area contributed by atoms with Gasteiger partial charge < -0.3 is 4.57 Å². The monoisotopic (exact) mass is 322 g/mol. The molecule has 0 saturated carbocycles. The van der Waals surface area contributed by atoms with Crippen molar-refractivity contribution in [2.45, 2.75) is 27.3 Å². The molecule has 2 aromatic rings. The molecule has 1 atom stereocenters. The second-order valence-corrected chi connectivity index (χ2v) is 6.56. The summed E-state index contributed by atoms with van der Waals surface area (Å²) in [6, 6.07) is 7.78. The summed E-state index contributed by atoms with van der Waals surface area (Å²) in [5.41, 5.74) is 1.89. The van der Waals surface area contributed by atoms with Crippen LogP contribution in [0, 0.1) is 11.3 Å². The van der Waals surface area contributed by atoms with Gasteiger partial charge in [0.25, 0.3) is 5.56 Å². The molecule has 19 heavy (non-hydrogen) atoms. The first kappa shape index (κ1) is 14.3. The Kier molecular flexibility index (Phi) is 4.09. The van der Waals surface area contributed by atoms with E-state index in [-0.39, 0.29) is 11.0 Å². The lowest BCUT2D eigenvalue weighted by molar-refractivity contribution is 0.239. The Morgan fingerprint density at radius 1 is 1.32 bits per heavy atom. The van der Waals surface area contributed by atoms with Crippen molar-refractivity contribution in [3.63, 3.8) is 0 Å². The van der Waals surface area contributed by atoms with E-state index in [9.17, 15) is 4.79 Å². The molecule has 2 rings (SSSR count). The molecule has 0 radical (unpaired) electrons. The van der Waals surface area contributed by atoms with Gasteiger partial charge in [0.05, 0.1) is 17.2 Å². The zero-order valence-electron chi connectivity index (χ0n) is 11.6. The van der Waals surface area contributed by atoms with Gasteiger partial charge in [-0.3, -0.25) is 4.79 Å². The first-order chi connectivity index (χ1) is 8.93. The number of fused-ring (bicyclic) bond motifs is 1. The highest BCUT2D eigenvalue weighted by molar-refractivity contribution is 9.09. The van der Waals surface area contributed by atoms with E-state index in [1.807, 2.05) is 28.8 Å². The van der Waals surface area contributed by atoms with Crippen LogP contribution in [0.1, 0.15) is 20.8 Å². The minimum atomic E-state index is -0.0334. The number of hydrogen-bond acceptors (Lipinski definition) is 2. The zero-order valence-corrected chi connectivity index (χ0v) is 13.1. The van der Waals surface area contributed by atoms with Gasteiger partial charge in [-0.15, -0.1) is 0 Å². The maximum Gasteiger partial charge on any atom is 0.269 e. The van der Waals surface area contributed by atoms with Gasteiger partial charge >= 0.3 is 0 Å². The SMILES string of the molecule is CC(C)(C)C(CBr)Cn1c(=O)cnc2ccccc21. The summed E-state index contributed by atoms with van der Waals surface area (Å²) >= 11 is 3.57. The van der Waals surface area contributed by atoms with E-state index in [0.29, 0.717) is 12.5 Å². The van der Waals surface area contributed by atoms with Crippen LogP contribution in [-0.4, -0.2) is 14.9 Å². The Labute approximate surface area is 121 Å². The number of halogens is 1. The number of benzene rings is 1. The molecule has 1 heterocycles. The first-order valence-electron chi connectivity index (χ1n) is 6.44. The fourth-order valence-corrected chi connectivity index (χ4v) is 3.25. The molecule has 0 aliphatic rings. The highest BCUT2D eigenvalue weighted by Crippen LogP contribution is 2.29. The molecule has 0 bridgehead atoms. The summed E-state index contributed by atoms with van der Waals surface area (Å²) in [5.74, 6) is 0.385. The van der Waals surface area contributed by atoms with Crippen molar-refractivity contribution in [2.75, 3.05) is 5.33 Å². The predicted molar refractivity (Wildman–Crippen MR) is 82.7 cm³/mol. The molecule has 0 aliphatic heterocycles. The molecule has 102 valence electrons. The molecule has 0 fully saturated rings. The molecule has 4 heteroatoms. The Bertz CT molecular complexity index is 628. The van der Waals surface area contributed by atoms with Gasteiger partial charge in [0.15, 0.2) is 0 Å². The number of hydrogen-bond donors (Lipinski definition) is 0. The third-order valence-corrected chi connectivity index (χ3v) is 4.35. The van der Waals surface area contributed by atoms with E-state index in [0.717, 1.165) is 16.4 Å². The van der Waals surface area contributed by atoms with Crippen molar-refractivity contribution in [2.24, 2.45) is 11.3 Å². The van der Waals surface area contributed by atoms with Gasteiger partial charge in [-0.2, -0.15) is 0 Å². The fraction of sp³-hybridized carbons (Fsp3) is 0.467. The standard InChI is InChI=1S/C15H19BrN2O/c1-15(2,3)11(8-16)10-18-13-7-5-4-6-12(13)17-9-14(18)19/h4-7,9,11H,8,10H2,1-3H3. The number of nitrogens with zero attached hydrogens (tertiary/aromatic N) is 2. The molecular weight excluding hydrogens is 304 g/mol. The summed E-state index contributed by atoms with van der Waals surface area (Å²) in [4.78, 5) is 16.3. The van der Waals surface area contributed by atoms with Gasteiger partial charge in [-0.05, 0) is 23.5 Å². The summed E-state index contributed by atoms with van der Waals surface area (Å²) in [6.45, 7) is 7.31. The number of para-hydroxylation sites is 2. The smallest absolute Gasteiger partial charge is 0.269 e. The molecule has 3 nitrogen and oxygen atoms in total. The van der Waals surface area contributed by atoms with E-state index >= 15 is 0 Å². The predicted octanol–water partition coefficient (Wildman–Crippen LogP) is 3.45. The van der Waals surface area contributed by atoms with Crippen LogP contribution in [0.5, 0.6) is 0 Å². The van der Waals surface area contributed by atoms with Crippen LogP contribution < -0.4 is 5.56 Å². The molecular formula is C15H19BrN2O. The molecule has 1 aromatic heterocycles. The molecule has 0 amide bonds. The van der Waals surface area contributed by atoms with Crippen LogP contribution in [0.4, 0.5) is 0 Å². The summed E-state index contributed by atoms with van der Waals surface area (Å²) in [6.07, 6.45) is 1.41. The summed E-state index contributed by atoms with van der Waals surface area (Å²) in [5, 5.41) is 0.875. The highest BCUT2D eigenvalue weighted by atomic mass is 79.9. The lowest BCUT2D eigenvalue weighted by atomic mass is 9.82. The fourth-order valence-electron chi connectivity index (χ4n) is 2.08. The van der Waals surface area contributed by atoms with Crippen LogP contribution in [0.15, 0.2) is 35.3 Å². The third-order valence-electron chi connectivity index (χ3n) is 3.57. The van der Waals surface area contributed by atoms with E-state index in [1.165, 1.54) is 6.20 Å². The molecule has 0 N–H and O–H groups in total. The van der Waals surface area contributed by atoms with Crippen LogP contribution >= 0.6 is 15.9 Å². The van der Waals surface area contributed by atoms with Gasteiger partial charge in [0.1, 0.15) is 0 Å². The van der Waals surface area contributed by atoms with Crippen LogP contribution in [0.2, 0.25) is 0 Å². The highest BCUT2D eigenvalue weighted by Gasteiger charge is 2.24. The summed E-state index contributed by atoms with van der Waals surface area (Å²) in [7, 11) is 0. The maximum atomic E-state index is 12.1. The van der Waals surface area contributed by atoms with Gasteiger partial charge in [0.2, 0.25) is 0 Å². The number of alkyl halides is 1. The molecule has 0 aliphatic carbocycles. The number of aromatic nitrogens is 2. The minimum absolute atomic E-state index is 0.0334. The van der Waals surface area contributed by atoms with E-state index in [1.54, 1.807) is 0 Å². The van der Waals surface area contributed by atoms with E-state index in [4.69, 9.17) is 0 Å². The van der Waals surface area contributed by atoms with E-state index in [2.05, 4.69) is 41.7 Å². The third kappa shape index (κ3) is 3.06. The van der Waals surface area contributed by atoms with Crippen molar-refractivity contribution in [1.82, 2.24) is 9.55 Å². The quantitative estimate of drug-likeness (QED) is 0.811. The van der Waals surface area contributed by atoms with Crippen molar-refractivity contribution in [1.29, 1.82) is 0 Å². The van der Waals surface area contributed by atoms with Crippen molar-refractivity contribution in [3.8, 4) is 0 Å². The largest absolute Gasteiger partial charge is 0.305 e. The van der Waals surface area contributed by atoms with E-state index < -0.39 is 0 Å². The van der Waals surface area contributed by atoms with Crippen molar-refractivity contribution < 1.29 is 0 Å². The average Bonchev–Trinajstić information content (AvgIpc) is 2.36. The normalized spacial score (nSPS) is 13.7. The lowest BCUT2D eigenvalue weighted by Gasteiger charge is -2.30. The molecule has 1 aromatic carbocycles. The molecule has 0 saturated heterocycles. The van der Waals surface area contributed by atoms with Crippen molar-refractivity contribution in [3.05, 3.63) is 40.8 Å². The van der Waals surface area contributed by atoms with Crippen LogP contribution in [0.3, 0.4) is 0 Å². The lowest BCUT2D eigenvalue weighted by Crippen LogP contribution is -2.31. The molecule has 0 spiro atoms. The van der Waals surface area contributed by atoms with Crippen molar-refractivity contribution >= 4 is 27.0 Å². The average molecular weight is 323 g/mol. The zero-order chi connectivity index (χ0) is 14.0. The molecule has 1 unspecified atom stereocenters. The van der Waals surface area contributed by atoms with Gasteiger partial charge in [-0.1, -0.05) is 48.8 Å². The second-order valence-electron chi connectivity index (χ2n) is 5.91.